The highest BCUT2D eigenvalue weighted by Gasteiger charge is 2.12. The number of para-hydroxylation sites is 2. The zero-order valence-electron chi connectivity index (χ0n) is 10.6. The first-order chi connectivity index (χ1) is 9.18. The van der Waals surface area contributed by atoms with Gasteiger partial charge in [0.1, 0.15) is 0 Å². The maximum atomic E-state index is 12.6. The van der Waals surface area contributed by atoms with Crippen LogP contribution in [0.3, 0.4) is 0 Å². The third-order valence-corrected chi connectivity index (χ3v) is 3.33. The lowest BCUT2D eigenvalue weighted by molar-refractivity contribution is 1.24. The van der Waals surface area contributed by atoms with E-state index in [1.165, 1.54) is 0 Å². The van der Waals surface area contributed by atoms with Gasteiger partial charge in [-0.15, -0.1) is 0 Å². The van der Waals surface area contributed by atoms with E-state index in [1.54, 1.807) is 0 Å². The number of benzene rings is 2. The Morgan fingerprint density at radius 3 is 2.47 bits per heavy atom. The van der Waals surface area contributed by atoms with E-state index in [9.17, 15) is 4.79 Å². The number of fused-ring (bicyclic) bond motifs is 1. The summed E-state index contributed by atoms with van der Waals surface area (Å²) in [6, 6.07) is 15.0. The summed E-state index contributed by atoms with van der Waals surface area (Å²) in [5, 5.41) is 0.686. The van der Waals surface area contributed by atoms with Gasteiger partial charge in [0, 0.05) is 27.8 Å². The molecule has 19 heavy (non-hydrogen) atoms. The summed E-state index contributed by atoms with van der Waals surface area (Å²) in [7, 11) is 0. The number of nitrogen functional groups attached to an aromatic ring is 1. The average Bonchev–Trinajstić information content (AvgIpc) is 2.41. The van der Waals surface area contributed by atoms with Gasteiger partial charge in [-0.05, 0) is 25.1 Å². The van der Waals surface area contributed by atoms with E-state index in [1.807, 2.05) is 55.5 Å². The van der Waals surface area contributed by atoms with Gasteiger partial charge < -0.3 is 10.7 Å². The third kappa shape index (κ3) is 1.80. The van der Waals surface area contributed by atoms with Crippen molar-refractivity contribution in [2.75, 3.05) is 5.73 Å². The molecule has 3 N–H and O–H groups in total. The van der Waals surface area contributed by atoms with Gasteiger partial charge in [0.15, 0.2) is 5.43 Å². The number of nitrogens with two attached hydrogens (primary N) is 1. The third-order valence-electron chi connectivity index (χ3n) is 3.33. The molecule has 0 fully saturated rings. The molecule has 0 saturated heterocycles. The van der Waals surface area contributed by atoms with E-state index in [0.717, 1.165) is 16.8 Å². The first kappa shape index (κ1) is 11.5. The van der Waals surface area contributed by atoms with Crippen molar-refractivity contribution in [2.45, 2.75) is 6.92 Å². The predicted octanol–water partition coefficient (Wildman–Crippen LogP) is 3.09. The van der Waals surface area contributed by atoms with Gasteiger partial charge >= 0.3 is 0 Å². The number of pyridine rings is 1. The Kier molecular flexibility index (Phi) is 2.60. The number of anilines is 1. The average molecular weight is 250 g/mol. The Bertz CT molecular complexity index is 818. The Balaban J connectivity index is 2.43. The number of aromatic amines is 1. The lowest BCUT2D eigenvalue weighted by atomic mass is 10.00. The normalized spacial score (nSPS) is 10.8. The summed E-state index contributed by atoms with van der Waals surface area (Å²) < 4.78 is 0. The number of hydrogen-bond donors (Lipinski definition) is 2. The second-order valence-corrected chi connectivity index (χ2v) is 4.59. The van der Waals surface area contributed by atoms with Crippen molar-refractivity contribution in [1.82, 2.24) is 4.98 Å². The summed E-state index contributed by atoms with van der Waals surface area (Å²) in [6.45, 7) is 1.90. The number of rotatable bonds is 1. The number of nitrogens with one attached hydrogen (secondary N) is 1. The molecule has 2 aromatic carbocycles. The second kappa shape index (κ2) is 4.28. The van der Waals surface area contributed by atoms with Gasteiger partial charge in [-0.2, -0.15) is 0 Å². The molecule has 0 aliphatic rings. The van der Waals surface area contributed by atoms with Crippen molar-refractivity contribution in [1.29, 1.82) is 0 Å². The van der Waals surface area contributed by atoms with E-state index in [2.05, 4.69) is 4.98 Å². The number of H-pyrrole nitrogens is 1. The van der Waals surface area contributed by atoms with Crippen LogP contribution in [0.2, 0.25) is 0 Å². The molecule has 94 valence electrons. The largest absolute Gasteiger partial charge is 0.398 e. The first-order valence-corrected chi connectivity index (χ1v) is 6.15. The highest BCUT2D eigenvalue weighted by Crippen LogP contribution is 2.26. The molecule has 1 aromatic heterocycles. The molecule has 3 nitrogen and oxygen atoms in total. The Morgan fingerprint density at radius 1 is 1.00 bits per heavy atom. The minimum absolute atomic E-state index is 0.0183. The SMILES string of the molecule is Cc1[nH]c2ccccc2c(=O)c1-c1ccccc1N. The number of aryl methyl sites for hydroxylation is 1. The topological polar surface area (TPSA) is 58.9 Å². The van der Waals surface area contributed by atoms with Crippen LogP contribution in [-0.4, -0.2) is 4.98 Å². The van der Waals surface area contributed by atoms with Crippen molar-refractivity contribution >= 4 is 16.6 Å². The van der Waals surface area contributed by atoms with Crippen LogP contribution in [0.4, 0.5) is 5.69 Å². The van der Waals surface area contributed by atoms with Gasteiger partial charge in [-0.1, -0.05) is 30.3 Å². The fourth-order valence-electron chi connectivity index (χ4n) is 2.41. The van der Waals surface area contributed by atoms with Gasteiger partial charge in [0.25, 0.3) is 0 Å². The molecule has 0 amide bonds. The number of hydrogen-bond acceptors (Lipinski definition) is 2. The molecule has 0 saturated carbocycles. The van der Waals surface area contributed by atoms with E-state index >= 15 is 0 Å². The minimum atomic E-state index is 0.0183. The second-order valence-electron chi connectivity index (χ2n) is 4.59. The van der Waals surface area contributed by atoms with Crippen molar-refractivity contribution in [2.24, 2.45) is 0 Å². The fraction of sp³-hybridized carbons (Fsp3) is 0.0625. The molecule has 3 heteroatoms. The maximum absolute atomic E-state index is 12.6. The van der Waals surface area contributed by atoms with Gasteiger partial charge in [-0.3, -0.25) is 4.79 Å². The smallest absolute Gasteiger partial charge is 0.197 e. The van der Waals surface area contributed by atoms with Crippen molar-refractivity contribution in [3.05, 3.63) is 64.4 Å². The molecular formula is C16H14N2O. The number of aromatic nitrogens is 1. The monoisotopic (exact) mass is 250 g/mol. The van der Waals surface area contributed by atoms with Crippen LogP contribution in [-0.2, 0) is 0 Å². The quantitative estimate of drug-likeness (QED) is 0.652. The summed E-state index contributed by atoms with van der Waals surface area (Å²) in [5.41, 5.74) is 9.74. The zero-order valence-corrected chi connectivity index (χ0v) is 10.6. The van der Waals surface area contributed by atoms with Gasteiger partial charge in [0.2, 0.25) is 0 Å². The van der Waals surface area contributed by atoms with E-state index < -0.39 is 0 Å². The van der Waals surface area contributed by atoms with E-state index in [0.29, 0.717) is 16.6 Å². The molecule has 0 aliphatic carbocycles. The molecule has 0 aliphatic heterocycles. The standard InChI is InChI=1S/C16H14N2O/c1-10-15(11-6-2-4-8-13(11)17)16(19)12-7-3-5-9-14(12)18-10/h2-9H,17H2,1H3,(H,18,19). The van der Waals surface area contributed by atoms with Crippen LogP contribution < -0.4 is 11.2 Å². The first-order valence-electron chi connectivity index (χ1n) is 6.15. The predicted molar refractivity (Wildman–Crippen MR) is 79.2 cm³/mol. The van der Waals surface area contributed by atoms with Crippen molar-refractivity contribution in [3.63, 3.8) is 0 Å². The molecule has 1 heterocycles. The molecule has 0 unspecified atom stereocenters. The van der Waals surface area contributed by atoms with Crippen LogP contribution in [0.15, 0.2) is 53.3 Å². The molecule has 0 radical (unpaired) electrons. The fourth-order valence-corrected chi connectivity index (χ4v) is 2.41. The maximum Gasteiger partial charge on any atom is 0.197 e. The highest BCUT2D eigenvalue weighted by molar-refractivity contribution is 5.87. The molecule has 0 atom stereocenters. The van der Waals surface area contributed by atoms with Gasteiger partial charge in [-0.25, -0.2) is 0 Å². The zero-order chi connectivity index (χ0) is 13.4. The van der Waals surface area contributed by atoms with E-state index in [-0.39, 0.29) is 5.43 Å². The summed E-state index contributed by atoms with van der Waals surface area (Å²) >= 11 is 0. The Hall–Kier alpha value is -2.55. The van der Waals surface area contributed by atoms with Crippen molar-refractivity contribution in [3.8, 4) is 11.1 Å². The van der Waals surface area contributed by atoms with E-state index in [4.69, 9.17) is 5.73 Å². The lowest BCUT2D eigenvalue weighted by Gasteiger charge is -2.10. The Labute approximate surface area is 110 Å². The summed E-state index contributed by atoms with van der Waals surface area (Å²) in [4.78, 5) is 15.9. The van der Waals surface area contributed by atoms with Crippen LogP contribution >= 0.6 is 0 Å². The van der Waals surface area contributed by atoms with Crippen LogP contribution in [0.25, 0.3) is 22.0 Å². The van der Waals surface area contributed by atoms with Gasteiger partial charge in [0.05, 0.1) is 5.56 Å². The molecule has 0 bridgehead atoms. The molecule has 3 aromatic rings. The highest BCUT2D eigenvalue weighted by atomic mass is 16.1. The minimum Gasteiger partial charge on any atom is -0.398 e. The van der Waals surface area contributed by atoms with Crippen LogP contribution in [0, 0.1) is 6.92 Å². The molecular weight excluding hydrogens is 236 g/mol. The Morgan fingerprint density at radius 2 is 1.68 bits per heavy atom. The molecule has 3 rings (SSSR count). The van der Waals surface area contributed by atoms with Crippen LogP contribution in [0.5, 0.6) is 0 Å². The summed E-state index contributed by atoms with van der Waals surface area (Å²) in [5.74, 6) is 0. The molecule has 0 spiro atoms. The lowest BCUT2D eigenvalue weighted by Crippen LogP contribution is -2.10. The summed E-state index contributed by atoms with van der Waals surface area (Å²) in [6.07, 6.45) is 0. The van der Waals surface area contributed by atoms with Crippen LogP contribution in [0.1, 0.15) is 5.69 Å². The van der Waals surface area contributed by atoms with Crippen molar-refractivity contribution < 1.29 is 0 Å².